The number of oxime groups is 1. The molecule has 2 aromatic rings. The second-order valence-electron chi connectivity index (χ2n) is 6.15. The Morgan fingerprint density at radius 1 is 1.15 bits per heavy atom. The van der Waals surface area contributed by atoms with Crippen molar-refractivity contribution < 1.29 is 14.0 Å². The molecule has 0 N–H and O–H groups in total. The number of hydrogen-bond donors (Lipinski definition) is 0. The van der Waals surface area contributed by atoms with E-state index in [2.05, 4.69) is 21.1 Å². The minimum Gasteiger partial charge on any atom is -0.317 e. The van der Waals surface area contributed by atoms with Gasteiger partial charge in [-0.05, 0) is 29.8 Å². The summed E-state index contributed by atoms with van der Waals surface area (Å²) in [5.41, 5.74) is -1.92. The molecule has 2 unspecified atom stereocenters. The summed E-state index contributed by atoms with van der Waals surface area (Å²) in [6, 6.07) is 16.5. The van der Waals surface area contributed by atoms with E-state index in [1.165, 1.54) is 24.3 Å². The van der Waals surface area contributed by atoms with Crippen LogP contribution in [0.2, 0.25) is 0 Å². The molecule has 4 rings (SSSR count). The van der Waals surface area contributed by atoms with Crippen LogP contribution in [0.1, 0.15) is 17.0 Å². The monoisotopic (exact) mass is 409 g/mol. The molecule has 1 aliphatic heterocycles. The van der Waals surface area contributed by atoms with Crippen LogP contribution < -0.4 is 0 Å². The van der Waals surface area contributed by atoms with Gasteiger partial charge in [-0.3, -0.25) is 0 Å². The molecule has 0 amide bonds. The summed E-state index contributed by atoms with van der Waals surface area (Å²) in [6.45, 7) is 0. The highest BCUT2D eigenvalue weighted by atomic mass is 79.9. The Kier molecular flexibility index (Phi) is 3.47. The van der Waals surface area contributed by atoms with E-state index in [0.717, 1.165) is 4.47 Å². The number of carbonyl (C=O) groups excluding carboxylic acids is 1. The number of hydrogen-bond acceptors (Lipinski definition) is 5. The topological polar surface area (TPSA) is 86.2 Å². The van der Waals surface area contributed by atoms with Crippen molar-refractivity contribution in [1.29, 1.82) is 10.5 Å². The fourth-order valence-corrected chi connectivity index (χ4v) is 4.23. The van der Waals surface area contributed by atoms with Crippen LogP contribution in [-0.4, -0.2) is 11.7 Å². The number of carbonyl (C=O) groups is 1. The highest BCUT2D eigenvalue weighted by Crippen LogP contribution is 2.76. The average Bonchev–Trinajstić information content (AvgIpc) is 3.13. The lowest BCUT2D eigenvalue weighted by Gasteiger charge is -2.09. The maximum absolute atomic E-state index is 13.3. The van der Waals surface area contributed by atoms with E-state index < -0.39 is 28.5 Å². The zero-order valence-electron chi connectivity index (χ0n) is 13.1. The molecule has 0 aromatic heterocycles. The zero-order chi connectivity index (χ0) is 18.5. The predicted octanol–water partition coefficient (Wildman–Crippen LogP) is 3.67. The summed E-state index contributed by atoms with van der Waals surface area (Å²) >= 11 is 3.37. The van der Waals surface area contributed by atoms with E-state index >= 15 is 0 Å². The van der Waals surface area contributed by atoms with E-state index in [-0.39, 0.29) is 5.71 Å². The van der Waals surface area contributed by atoms with E-state index in [1.54, 1.807) is 24.3 Å². The standard InChI is InChI=1S/C19H9BrFN3O2/c20-13-3-1-2-12(8-13)15-18(9-22,10-23)19(15)16(24-26-17(19)25)11-4-6-14(21)7-5-11/h1-8,15H. The molecular formula is C19H9BrFN3O2. The van der Waals surface area contributed by atoms with Gasteiger partial charge in [-0.2, -0.15) is 10.5 Å². The molecule has 1 aliphatic carbocycles. The van der Waals surface area contributed by atoms with Crippen molar-refractivity contribution in [3.05, 3.63) is 69.9 Å². The summed E-state index contributed by atoms with van der Waals surface area (Å²) in [7, 11) is 0. The summed E-state index contributed by atoms with van der Waals surface area (Å²) in [4.78, 5) is 17.6. The highest BCUT2D eigenvalue weighted by Gasteiger charge is 2.88. The largest absolute Gasteiger partial charge is 0.350 e. The van der Waals surface area contributed by atoms with Gasteiger partial charge in [-0.15, -0.1) is 0 Å². The minimum atomic E-state index is -1.64. The Bertz CT molecular complexity index is 1040. The summed E-state index contributed by atoms with van der Waals surface area (Å²) in [6.07, 6.45) is 0. The van der Waals surface area contributed by atoms with Crippen LogP contribution in [0.25, 0.3) is 0 Å². The zero-order valence-corrected chi connectivity index (χ0v) is 14.7. The second-order valence-corrected chi connectivity index (χ2v) is 7.07. The molecule has 0 radical (unpaired) electrons. The normalized spacial score (nSPS) is 25.2. The SMILES string of the molecule is N#CC1(C#N)C(c2cccc(Br)c2)C12C(=O)ON=C2c1ccc(F)cc1. The van der Waals surface area contributed by atoms with Gasteiger partial charge in [0.1, 0.15) is 11.5 Å². The number of benzene rings is 2. The van der Waals surface area contributed by atoms with Crippen LogP contribution in [0, 0.1) is 39.3 Å². The van der Waals surface area contributed by atoms with Crippen molar-refractivity contribution in [3.8, 4) is 12.1 Å². The molecule has 126 valence electrons. The van der Waals surface area contributed by atoms with Gasteiger partial charge in [-0.1, -0.05) is 45.4 Å². The van der Waals surface area contributed by atoms with Gasteiger partial charge in [0.25, 0.3) is 0 Å². The Balaban J connectivity index is 1.93. The number of nitriles is 2. The molecule has 5 nitrogen and oxygen atoms in total. The molecule has 2 aromatic carbocycles. The first-order valence-corrected chi connectivity index (χ1v) is 8.44. The van der Waals surface area contributed by atoms with Crippen molar-refractivity contribution in [2.24, 2.45) is 16.0 Å². The fraction of sp³-hybridized carbons (Fsp3) is 0.158. The van der Waals surface area contributed by atoms with Gasteiger partial charge >= 0.3 is 5.97 Å². The Labute approximate surface area is 156 Å². The van der Waals surface area contributed by atoms with Crippen LogP contribution in [0.15, 0.2) is 58.2 Å². The number of halogens is 2. The highest BCUT2D eigenvalue weighted by molar-refractivity contribution is 9.10. The van der Waals surface area contributed by atoms with Gasteiger partial charge in [0.15, 0.2) is 10.8 Å². The van der Waals surface area contributed by atoms with Crippen molar-refractivity contribution in [1.82, 2.24) is 0 Å². The van der Waals surface area contributed by atoms with Gasteiger partial charge in [-0.25, -0.2) is 9.18 Å². The van der Waals surface area contributed by atoms with Crippen molar-refractivity contribution in [3.63, 3.8) is 0 Å². The van der Waals surface area contributed by atoms with Gasteiger partial charge < -0.3 is 4.84 Å². The van der Waals surface area contributed by atoms with Crippen LogP contribution in [0.5, 0.6) is 0 Å². The second kappa shape index (κ2) is 5.48. The lowest BCUT2D eigenvalue weighted by Crippen LogP contribution is -2.28. The van der Waals surface area contributed by atoms with Crippen LogP contribution in [0.4, 0.5) is 4.39 Å². The van der Waals surface area contributed by atoms with Crippen molar-refractivity contribution in [2.45, 2.75) is 5.92 Å². The average molecular weight is 410 g/mol. The van der Waals surface area contributed by atoms with Gasteiger partial charge in [0.05, 0.1) is 12.1 Å². The summed E-state index contributed by atoms with van der Waals surface area (Å²) in [5.74, 6) is -1.92. The van der Waals surface area contributed by atoms with Crippen molar-refractivity contribution in [2.75, 3.05) is 0 Å². The quantitative estimate of drug-likeness (QED) is 0.708. The Hall–Kier alpha value is -3.03. The van der Waals surface area contributed by atoms with Crippen LogP contribution in [0.3, 0.4) is 0 Å². The van der Waals surface area contributed by atoms with E-state index in [9.17, 15) is 19.7 Å². The molecule has 1 heterocycles. The molecule has 7 heteroatoms. The molecule has 0 bridgehead atoms. The summed E-state index contributed by atoms with van der Waals surface area (Å²) < 4.78 is 14.0. The van der Waals surface area contributed by atoms with Crippen LogP contribution in [-0.2, 0) is 9.63 Å². The fourth-order valence-electron chi connectivity index (χ4n) is 3.81. The van der Waals surface area contributed by atoms with Crippen LogP contribution >= 0.6 is 15.9 Å². The minimum absolute atomic E-state index is 0.176. The third-order valence-corrected chi connectivity index (χ3v) is 5.47. The third kappa shape index (κ3) is 1.86. The first-order valence-electron chi connectivity index (χ1n) is 7.65. The van der Waals surface area contributed by atoms with Gasteiger partial charge in [0, 0.05) is 16.0 Å². The predicted molar refractivity (Wildman–Crippen MR) is 92.0 cm³/mol. The Morgan fingerprint density at radius 3 is 2.46 bits per heavy atom. The van der Waals surface area contributed by atoms with Gasteiger partial charge in [0.2, 0.25) is 0 Å². The van der Waals surface area contributed by atoms with E-state index in [4.69, 9.17) is 4.84 Å². The molecule has 1 spiro atoms. The lowest BCUT2D eigenvalue weighted by molar-refractivity contribution is -0.145. The molecule has 1 fully saturated rings. The maximum Gasteiger partial charge on any atom is 0.350 e. The molecule has 1 saturated carbocycles. The van der Waals surface area contributed by atoms with Crippen molar-refractivity contribution >= 4 is 27.6 Å². The first-order chi connectivity index (χ1) is 12.5. The molecular weight excluding hydrogens is 401 g/mol. The number of rotatable bonds is 2. The molecule has 0 saturated heterocycles. The smallest absolute Gasteiger partial charge is 0.317 e. The molecule has 26 heavy (non-hydrogen) atoms. The maximum atomic E-state index is 13.3. The first kappa shape index (κ1) is 16.4. The van der Waals surface area contributed by atoms with E-state index in [0.29, 0.717) is 11.1 Å². The number of nitrogens with zero attached hydrogens (tertiary/aromatic N) is 3. The van der Waals surface area contributed by atoms with E-state index in [1.807, 2.05) is 12.1 Å². The third-order valence-electron chi connectivity index (χ3n) is 4.97. The lowest BCUT2D eigenvalue weighted by atomic mass is 9.86. The summed E-state index contributed by atoms with van der Waals surface area (Å²) in [5, 5.41) is 23.5. The molecule has 2 atom stereocenters. The molecule has 2 aliphatic rings. The Morgan fingerprint density at radius 2 is 1.85 bits per heavy atom.